The molecule has 3 rings (SSSR count). The zero-order chi connectivity index (χ0) is 16.2. The predicted octanol–water partition coefficient (Wildman–Crippen LogP) is 0.503. The maximum atomic E-state index is 12.0. The van der Waals surface area contributed by atoms with Gasteiger partial charge < -0.3 is 20.5 Å². The number of carbonyl (C=O) groups is 2. The van der Waals surface area contributed by atoms with Crippen LogP contribution in [0.25, 0.3) is 0 Å². The Kier molecular flexibility index (Phi) is 5.33. The van der Waals surface area contributed by atoms with Crippen molar-refractivity contribution in [2.24, 2.45) is 11.8 Å². The van der Waals surface area contributed by atoms with E-state index in [2.05, 4.69) is 10.6 Å². The van der Waals surface area contributed by atoms with Gasteiger partial charge >= 0.3 is 0 Å². The Labute approximate surface area is 136 Å². The van der Waals surface area contributed by atoms with Crippen molar-refractivity contribution in [1.82, 2.24) is 10.6 Å². The van der Waals surface area contributed by atoms with Gasteiger partial charge in [0.15, 0.2) is 0 Å². The van der Waals surface area contributed by atoms with Crippen molar-refractivity contribution in [1.29, 1.82) is 0 Å². The van der Waals surface area contributed by atoms with Crippen molar-refractivity contribution in [3.05, 3.63) is 12.2 Å². The summed E-state index contributed by atoms with van der Waals surface area (Å²) in [6.07, 6.45) is 8.47. The first-order valence-corrected chi connectivity index (χ1v) is 8.67. The summed E-state index contributed by atoms with van der Waals surface area (Å²) < 4.78 is 5.76. The lowest BCUT2D eigenvalue weighted by atomic mass is 9.84. The molecular weight excluding hydrogens is 296 g/mol. The fourth-order valence-corrected chi connectivity index (χ4v) is 2.92. The number of rotatable bonds is 7. The van der Waals surface area contributed by atoms with Crippen molar-refractivity contribution < 1.29 is 19.4 Å². The van der Waals surface area contributed by atoms with Gasteiger partial charge in [-0.05, 0) is 31.6 Å². The Hall–Kier alpha value is -1.40. The van der Waals surface area contributed by atoms with Gasteiger partial charge in [0.2, 0.25) is 11.8 Å². The number of aliphatic hydroxyl groups is 1. The number of amides is 2. The van der Waals surface area contributed by atoms with Crippen LogP contribution >= 0.6 is 0 Å². The highest BCUT2D eigenvalue weighted by molar-refractivity contribution is 5.80. The van der Waals surface area contributed by atoms with Crippen LogP contribution in [0.5, 0.6) is 0 Å². The molecule has 3 aliphatic rings. The Bertz CT molecular complexity index is 471. The zero-order valence-electron chi connectivity index (χ0n) is 13.4. The van der Waals surface area contributed by atoms with E-state index in [0.717, 1.165) is 25.8 Å². The molecule has 3 N–H and O–H groups in total. The van der Waals surface area contributed by atoms with Gasteiger partial charge in [0, 0.05) is 12.5 Å². The maximum absolute atomic E-state index is 12.0. The summed E-state index contributed by atoms with van der Waals surface area (Å²) in [5.41, 5.74) is 0. The van der Waals surface area contributed by atoms with E-state index in [1.807, 2.05) is 12.2 Å². The lowest BCUT2D eigenvalue weighted by Gasteiger charge is -2.33. The third-order valence-corrected chi connectivity index (χ3v) is 4.92. The van der Waals surface area contributed by atoms with Crippen molar-refractivity contribution >= 4 is 11.8 Å². The molecule has 2 amide bonds. The molecule has 0 spiro atoms. The molecule has 1 heterocycles. The van der Waals surface area contributed by atoms with E-state index >= 15 is 0 Å². The smallest absolute Gasteiger partial charge is 0.223 e. The Balaban J connectivity index is 1.47. The Morgan fingerprint density at radius 3 is 2.57 bits per heavy atom. The van der Waals surface area contributed by atoms with Crippen LogP contribution in [-0.4, -0.2) is 48.3 Å². The van der Waals surface area contributed by atoms with E-state index in [-0.39, 0.29) is 42.9 Å². The number of ether oxygens (including phenoxy) is 1. The molecule has 6 nitrogen and oxygen atoms in total. The highest BCUT2D eigenvalue weighted by atomic mass is 16.5. The molecule has 23 heavy (non-hydrogen) atoms. The summed E-state index contributed by atoms with van der Waals surface area (Å²) in [7, 11) is 0. The Morgan fingerprint density at radius 1 is 1.17 bits per heavy atom. The van der Waals surface area contributed by atoms with E-state index in [1.165, 1.54) is 12.8 Å². The molecule has 2 fully saturated rings. The second-order valence-corrected chi connectivity index (χ2v) is 6.89. The quantitative estimate of drug-likeness (QED) is 0.596. The van der Waals surface area contributed by atoms with Crippen molar-refractivity contribution in [3.63, 3.8) is 0 Å². The monoisotopic (exact) mass is 322 g/mol. The van der Waals surface area contributed by atoms with Crippen molar-refractivity contribution in [3.8, 4) is 0 Å². The fraction of sp³-hybridized carbons (Fsp3) is 0.765. The summed E-state index contributed by atoms with van der Waals surface area (Å²) in [6.45, 7) is 0.568. The molecule has 0 unspecified atom stereocenters. The number of aliphatic hydroxyl groups excluding tert-OH is 1. The first-order chi connectivity index (χ1) is 11.2. The summed E-state index contributed by atoms with van der Waals surface area (Å²) in [5.74, 6) is 0.764. The van der Waals surface area contributed by atoms with Crippen LogP contribution in [-0.2, 0) is 14.3 Å². The van der Waals surface area contributed by atoms with Gasteiger partial charge in [0.1, 0.15) is 6.10 Å². The standard InChI is InChI=1S/C17H26N2O4/c20-10-15-14(19-17(22)12-2-1-3-12)7-6-13(23-15)8-16(21)18-9-11-4-5-11/h6-7,11-15,20H,1-5,8-10H2,(H,18,21)(H,19,22)/t13-,14-,15-/m1/s1. The number of carbonyl (C=O) groups excluding carboxylic acids is 2. The minimum absolute atomic E-state index is 0.0276. The van der Waals surface area contributed by atoms with Crippen LogP contribution in [0.2, 0.25) is 0 Å². The van der Waals surface area contributed by atoms with E-state index in [0.29, 0.717) is 5.92 Å². The van der Waals surface area contributed by atoms with E-state index in [4.69, 9.17) is 4.74 Å². The first-order valence-electron chi connectivity index (χ1n) is 8.67. The minimum Gasteiger partial charge on any atom is -0.394 e. The molecule has 0 aromatic rings. The lowest BCUT2D eigenvalue weighted by Crippen LogP contribution is -2.51. The van der Waals surface area contributed by atoms with E-state index in [9.17, 15) is 14.7 Å². The molecule has 0 aromatic carbocycles. The van der Waals surface area contributed by atoms with Crippen LogP contribution in [0.15, 0.2) is 12.2 Å². The molecule has 0 aromatic heterocycles. The van der Waals surface area contributed by atoms with Crippen LogP contribution < -0.4 is 10.6 Å². The van der Waals surface area contributed by atoms with Crippen LogP contribution in [0.1, 0.15) is 38.5 Å². The third-order valence-electron chi connectivity index (χ3n) is 4.92. The highest BCUT2D eigenvalue weighted by Gasteiger charge is 2.32. The molecule has 2 saturated carbocycles. The molecule has 128 valence electrons. The molecule has 3 atom stereocenters. The van der Waals surface area contributed by atoms with Gasteiger partial charge in [-0.2, -0.15) is 0 Å². The molecule has 2 aliphatic carbocycles. The van der Waals surface area contributed by atoms with Crippen molar-refractivity contribution in [2.45, 2.75) is 56.8 Å². The molecule has 6 heteroatoms. The zero-order valence-corrected chi connectivity index (χ0v) is 13.4. The van der Waals surface area contributed by atoms with Crippen LogP contribution in [0.4, 0.5) is 0 Å². The van der Waals surface area contributed by atoms with Crippen LogP contribution in [0, 0.1) is 11.8 Å². The van der Waals surface area contributed by atoms with Gasteiger partial charge in [-0.1, -0.05) is 18.6 Å². The van der Waals surface area contributed by atoms with Crippen molar-refractivity contribution in [2.75, 3.05) is 13.2 Å². The summed E-state index contributed by atoms with van der Waals surface area (Å²) in [5, 5.41) is 15.4. The highest BCUT2D eigenvalue weighted by Crippen LogP contribution is 2.28. The third kappa shape index (κ3) is 4.54. The van der Waals surface area contributed by atoms with Gasteiger partial charge in [-0.15, -0.1) is 0 Å². The van der Waals surface area contributed by atoms with Gasteiger partial charge in [-0.25, -0.2) is 0 Å². The van der Waals surface area contributed by atoms with E-state index in [1.54, 1.807) is 0 Å². The summed E-state index contributed by atoms with van der Waals surface area (Å²) >= 11 is 0. The SMILES string of the molecule is O=C(C[C@H]1C=C[C@@H](NC(=O)C2CCC2)[C@@H](CO)O1)NCC1CC1. The molecule has 0 bridgehead atoms. The van der Waals surface area contributed by atoms with Gasteiger partial charge in [0.05, 0.1) is 25.2 Å². The number of nitrogens with one attached hydrogen (secondary N) is 2. The van der Waals surface area contributed by atoms with Gasteiger partial charge in [0.25, 0.3) is 0 Å². The summed E-state index contributed by atoms with van der Waals surface area (Å²) in [4.78, 5) is 23.9. The van der Waals surface area contributed by atoms with E-state index < -0.39 is 6.10 Å². The predicted molar refractivity (Wildman–Crippen MR) is 84.5 cm³/mol. The largest absolute Gasteiger partial charge is 0.394 e. The topological polar surface area (TPSA) is 87.7 Å². The fourth-order valence-electron chi connectivity index (χ4n) is 2.92. The maximum Gasteiger partial charge on any atom is 0.223 e. The molecule has 0 saturated heterocycles. The number of hydrogen-bond acceptors (Lipinski definition) is 4. The normalized spacial score (nSPS) is 30.6. The second-order valence-electron chi connectivity index (χ2n) is 6.89. The first kappa shape index (κ1) is 16.5. The lowest BCUT2D eigenvalue weighted by molar-refractivity contribution is -0.131. The molecular formula is C17H26N2O4. The Morgan fingerprint density at radius 2 is 1.96 bits per heavy atom. The molecule has 0 radical (unpaired) electrons. The number of hydrogen-bond donors (Lipinski definition) is 3. The average molecular weight is 322 g/mol. The van der Waals surface area contributed by atoms with Crippen LogP contribution in [0.3, 0.4) is 0 Å². The summed E-state index contributed by atoms with van der Waals surface area (Å²) in [6, 6.07) is -0.320. The molecule has 1 aliphatic heterocycles. The second kappa shape index (κ2) is 7.45. The minimum atomic E-state index is -0.495. The average Bonchev–Trinajstić information content (AvgIpc) is 3.29. The van der Waals surface area contributed by atoms with Gasteiger partial charge in [-0.3, -0.25) is 9.59 Å².